The maximum absolute atomic E-state index is 11.9. The van der Waals surface area contributed by atoms with E-state index in [1.54, 1.807) is 24.3 Å². The van der Waals surface area contributed by atoms with E-state index in [4.69, 9.17) is 4.42 Å². The normalized spacial score (nSPS) is 10.5. The molecule has 2 heterocycles. The molecule has 1 aromatic carbocycles. The smallest absolute Gasteiger partial charge is 0.274 e. The van der Waals surface area contributed by atoms with Crippen LogP contribution >= 0.6 is 0 Å². The van der Waals surface area contributed by atoms with Crippen LogP contribution in [0.5, 0.6) is 5.75 Å². The predicted molar refractivity (Wildman–Crippen MR) is 75.6 cm³/mol. The van der Waals surface area contributed by atoms with Crippen LogP contribution < -0.4 is 10.9 Å². The third kappa shape index (κ3) is 3.08. The molecule has 106 valence electrons. The Balaban J connectivity index is 1.77. The number of benzene rings is 1. The minimum absolute atomic E-state index is 0.161. The molecule has 0 aliphatic heterocycles. The summed E-state index contributed by atoms with van der Waals surface area (Å²) in [5, 5.41) is 19.9. The van der Waals surface area contributed by atoms with E-state index in [9.17, 15) is 9.90 Å². The number of aromatic amines is 1. The molecule has 7 nitrogen and oxygen atoms in total. The highest BCUT2D eigenvalue weighted by Crippen LogP contribution is 2.16. The van der Waals surface area contributed by atoms with E-state index in [1.165, 1.54) is 18.4 Å². The molecule has 0 fully saturated rings. The van der Waals surface area contributed by atoms with Gasteiger partial charge in [0.2, 0.25) is 5.95 Å². The number of hydrogen-bond acceptors (Lipinski definition) is 6. The van der Waals surface area contributed by atoms with E-state index in [-0.39, 0.29) is 29.4 Å². The average Bonchev–Trinajstić information content (AvgIpc) is 2.97. The zero-order valence-corrected chi connectivity index (χ0v) is 10.9. The molecular weight excluding hydrogens is 272 g/mol. The highest BCUT2D eigenvalue weighted by Gasteiger charge is 2.07. The number of phenols is 1. The molecule has 0 amide bonds. The maximum atomic E-state index is 11.9. The van der Waals surface area contributed by atoms with Gasteiger partial charge in [-0.3, -0.25) is 9.78 Å². The van der Waals surface area contributed by atoms with Crippen LogP contribution in [0.1, 0.15) is 11.5 Å². The summed E-state index contributed by atoms with van der Waals surface area (Å²) in [5.41, 5.74) is 0.625. The van der Waals surface area contributed by atoms with Crippen LogP contribution in [0.2, 0.25) is 0 Å². The van der Waals surface area contributed by atoms with Gasteiger partial charge >= 0.3 is 0 Å². The molecule has 0 aliphatic carbocycles. The van der Waals surface area contributed by atoms with Crippen molar-refractivity contribution in [2.75, 3.05) is 5.32 Å². The molecule has 2 aromatic heterocycles. The van der Waals surface area contributed by atoms with Crippen molar-refractivity contribution in [2.24, 2.45) is 0 Å². The summed E-state index contributed by atoms with van der Waals surface area (Å²) >= 11 is 0. The lowest BCUT2D eigenvalue weighted by Gasteiger charge is -2.05. The van der Waals surface area contributed by atoms with Crippen molar-refractivity contribution in [3.05, 3.63) is 64.5 Å². The fraction of sp³-hybridized carbons (Fsp3) is 0.0714. The quantitative estimate of drug-likeness (QED) is 0.631. The fourth-order valence-electron chi connectivity index (χ4n) is 1.79. The minimum Gasteiger partial charge on any atom is -0.508 e. The number of hydrogen-bond donors (Lipinski definition) is 3. The first-order chi connectivity index (χ1) is 10.2. The van der Waals surface area contributed by atoms with Crippen LogP contribution in [-0.2, 0) is 6.42 Å². The zero-order chi connectivity index (χ0) is 14.7. The van der Waals surface area contributed by atoms with Gasteiger partial charge in [0.25, 0.3) is 5.56 Å². The topological polar surface area (TPSA) is 104 Å². The van der Waals surface area contributed by atoms with Crippen molar-refractivity contribution >= 4 is 11.6 Å². The van der Waals surface area contributed by atoms with Gasteiger partial charge in [-0.05, 0) is 36.4 Å². The predicted octanol–water partition coefficient (Wildman–Crippen LogP) is 1.80. The van der Waals surface area contributed by atoms with Crippen LogP contribution in [0.3, 0.4) is 0 Å². The SMILES string of the molecule is O=c1[nH]c(Nc2ccc(O)cc2)nnc1Cc1ccco1. The van der Waals surface area contributed by atoms with Crippen LogP contribution in [0.25, 0.3) is 0 Å². The highest BCUT2D eigenvalue weighted by atomic mass is 16.3. The van der Waals surface area contributed by atoms with E-state index in [0.717, 1.165) is 0 Å². The molecule has 0 spiro atoms. The molecule has 0 saturated carbocycles. The second kappa shape index (κ2) is 5.49. The van der Waals surface area contributed by atoms with Crippen molar-refractivity contribution in [1.29, 1.82) is 0 Å². The summed E-state index contributed by atoms with van der Waals surface area (Å²) < 4.78 is 5.17. The number of nitrogens with one attached hydrogen (secondary N) is 2. The Morgan fingerprint density at radius 3 is 2.67 bits per heavy atom. The summed E-state index contributed by atoms with van der Waals surface area (Å²) in [7, 11) is 0. The molecule has 3 rings (SSSR count). The Morgan fingerprint density at radius 1 is 1.19 bits per heavy atom. The van der Waals surface area contributed by atoms with E-state index in [0.29, 0.717) is 11.4 Å². The van der Waals surface area contributed by atoms with E-state index < -0.39 is 0 Å². The third-order valence-electron chi connectivity index (χ3n) is 2.82. The lowest BCUT2D eigenvalue weighted by Crippen LogP contribution is -2.18. The van der Waals surface area contributed by atoms with Crippen LogP contribution in [0, 0.1) is 0 Å². The van der Waals surface area contributed by atoms with Gasteiger partial charge in [0, 0.05) is 5.69 Å². The van der Waals surface area contributed by atoms with Crippen molar-refractivity contribution in [3.8, 4) is 5.75 Å². The molecule has 3 aromatic rings. The van der Waals surface area contributed by atoms with E-state index in [1.807, 2.05) is 0 Å². The van der Waals surface area contributed by atoms with Gasteiger partial charge in [0.15, 0.2) is 0 Å². The number of rotatable bonds is 4. The Bertz CT molecular complexity index is 779. The molecule has 3 N–H and O–H groups in total. The summed E-state index contributed by atoms with van der Waals surface area (Å²) in [6.07, 6.45) is 1.83. The Kier molecular flexibility index (Phi) is 3.38. The second-order valence-corrected chi connectivity index (χ2v) is 4.38. The second-order valence-electron chi connectivity index (χ2n) is 4.38. The number of aromatic nitrogens is 3. The van der Waals surface area contributed by atoms with E-state index >= 15 is 0 Å². The number of aromatic hydroxyl groups is 1. The monoisotopic (exact) mass is 284 g/mol. The number of anilines is 2. The molecule has 0 aliphatic rings. The summed E-state index contributed by atoms with van der Waals surface area (Å²) in [6.45, 7) is 0. The molecule has 21 heavy (non-hydrogen) atoms. The summed E-state index contributed by atoms with van der Waals surface area (Å²) in [5.74, 6) is 1.04. The van der Waals surface area contributed by atoms with Crippen molar-refractivity contribution in [3.63, 3.8) is 0 Å². The van der Waals surface area contributed by atoms with Gasteiger partial charge in [-0.25, -0.2) is 0 Å². The van der Waals surface area contributed by atoms with E-state index in [2.05, 4.69) is 20.5 Å². The summed E-state index contributed by atoms with van der Waals surface area (Å²) in [6, 6.07) is 9.89. The van der Waals surface area contributed by atoms with Crippen molar-refractivity contribution in [2.45, 2.75) is 6.42 Å². The van der Waals surface area contributed by atoms with Gasteiger partial charge in [-0.15, -0.1) is 10.2 Å². The van der Waals surface area contributed by atoms with Gasteiger partial charge < -0.3 is 14.8 Å². The molecule has 0 unspecified atom stereocenters. The number of nitrogens with zero attached hydrogens (tertiary/aromatic N) is 2. The van der Waals surface area contributed by atoms with Crippen LogP contribution in [0.15, 0.2) is 51.9 Å². The first-order valence-corrected chi connectivity index (χ1v) is 6.25. The fourth-order valence-corrected chi connectivity index (χ4v) is 1.79. The van der Waals surface area contributed by atoms with Gasteiger partial charge in [-0.1, -0.05) is 0 Å². The zero-order valence-electron chi connectivity index (χ0n) is 10.9. The summed E-state index contributed by atoms with van der Waals surface area (Å²) in [4.78, 5) is 14.5. The number of phenolic OH excluding ortho intramolecular Hbond substituents is 1. The third-order valence-corrected chi connectivity index (χ3v) is 2.82. The number of H-pyrrole nitrogens is 1. The Morgan fingerprint density at radius 2 is 2.00 bits per heavy atom. The van der Waals surface area contributed by atoms with Crippen molar-refractivity contribution in [1.82, 2.24) is 15.2 Å². The first-order valence-electron chi connectivity index (χ1n) is 6.25. The van der Waals surface area contributed by atoms with Crippen molar-refractivity contribution < 1.29 is 9.52 Å². The first kappa shape index (κ1) is 12.9. The van der Waals surface area contributed by atoms with Gasteiger partial charge in [-0.2, -0.15) is 0 Å². The molecule has 0 atom stereocenters. The van der Waals surface area contributed by atoms with Crippen LogP contribution in [-0.4, -0.2) is 20.3 Å². The average molecular weight is 284 g/mol. The molecule has 0 bridgehead atoms. The van der Waals surface area contributed by atoms with Gasteiger partial charge in [0.1, 0.15) is 17.2 Å². The Labute approximate surface area is 119 Å². The molecule has 7 heteroatoms. The van der Waals surface area contributed by atoms with Crippen LogP contribution in [0.4, 0.5) is 11.6 Å². The Hall–Kier alpha value is -3.09. The number of furan rings is 1. The van der Waals surface area contributed by atoms with Gasteiger partial charge in [0.05, 0.1) is 12.7 Å². The highest BCUT2D eigenvalue weighted by molar-refractivity contribution is 5.53. The molecule has 0 saturated heterocycles. The minimum atomic E-state index is -0.331. The largest absolute Gasteiger partial charge is 0.508 e. The lowest BCUT2D eigenvalue weighted by molar-refractivity contribution is 0.475. The molecular formula is C14H12N4O3. The standard InChI is InChI=1S/C14H12N4O3/c19-10-5-3-9(4-6-10)15-14-16-13(20)12(17-18-14)8-11-2-1-7-21-11/h1-7,19H,8H2,(H2,15,16,18,20). The molecule has 0 radical (unpaired) electrons. The lowest BCUT2D eigenvalue weighted by atomic mass is 10.2. The maximum Gasteiger partial charge on any atom is 0.274 e.